The highest BCUT2D eigenvalue weighted by molar-refractivity contribution is 7.89. The van der Waals surface area contributed by atoms with Gasteiger partial charge in [0.25, 0.3) is 5.91 Å². The van der Waals surface area contributed by atoms with E-state index in [4.69, 9.17) is 4.98 Å². The molecule has 37 heavy (non-hydrogen) atoms. The van der Waals surface area contributed by atoms with Crippen molar-refractivity contribution in [3.63, 3.8) is 0 Å². The zero-order valence-electron chi connectivity index (χ0n) is 22.1. The molecule has 3 aromatic rings. The molecule has 0 aliphatic rings. The minimum absolute atomic E-state index is 0.119. The number of aromatic nitrogens is 1. The Morgan fingerprint density at radius 1 is 1.00 bits per heavy atom. The molecule has 0 bridgehead atoms. The van der Waals surface area contributed by atoms with Gasteiger partial charge in [0.15, 0.2) is 5.13 Å². The van der Waals surface area contributed by atoms with Crippen molar-refractivity contribution < 1.29 is 13.2 Å². The molecule has 3 rings (SSSR count). The zero-order chi connectivity index (χ0) is 27.2. The van der Waals surface area contributed by atoms with Crippen LogP contribution in [0, 0.1) is 13.8 Å². The molecule has 0 N–H and O–H groups in total. The van der Waals surface area contributed by atoms with Crippen molar-refractivity contribution in [1.29, 1.82) is 0 Å². The predicted octanol–water partition coefficient (Wildman–Crippen LogP) is 5.26. The highest BCUT2D eigenvalue weighted by Gasteiger charge is 2.25. The summed E-state index contributed by atoms with van der Waals surface area (Å²) in [6.45, 7) is 18.9. The number of amides is 1. The molecule has 0 unspecified atom stereocenters. The van der Waals surface area contributed by atoms with Crippen LogP contribution in [0.25, 0.3) is 10.2 Å². The summed E-state index contributed by atoms with van der Waals surface area (Å²) < 4.78 is 28.5. The van der Waals surface area contributed by atoms with Crippen molar-refractivity contribution in [3.8, 4) is 0 Å². The molecule has 0 spiro atoms. The van der Waals surface area contributed by atoms with Gasteiger partial charge < -0.3 is 4.90 Å². The average Bonchev–Trinajstić information content (AvgIpc) is 3.30. The van der Waals surface area contributed by atoms with E-state index in [1.807, 2.05) is 6.92 Å². The normalized spacial score (nSPS) is 11.8. The SMILES string of the molecule is C=CCN(CC=C)S(=O)(=O)c1ccc(C(=O)N(CCN(CC)CC)c2nc3c(C)cc(C)cc3s2)cc1. The van der Waals surface area contributed by atoms with Gasteiger partial charge in [-0.3, -0.25) is 9.69 Å². The van der Waals surface area contributed by atoms with Gasteiger partial charge in [-0.25, -0.2) is 13.4 Å². The van der Waals surface area contributed by atoms with Crippen LogP contribution >= 0.6 is 11.3 Å². The van der Waals surface area contributed by atoms with Crippen molar-refractivity contribution in [2.75, 3.05) is 44.2 Å². The van der Waals surface area contributed by atoms with E-state index in [0.29, 0.717) is 23.8 Å². The number of sulfonamides is 1. The Labute approximate surface area is 224 Å². The molecule has 0 radical (unpaired) electrons. The highest BCUT2D eigenvalue weighted by atomic mass is 32.2. The molecular weight excluding hydrogens is 504 g/mol. The Balaban J connectivity index is 1.97. The Hall–Kier alpha value is -2.85. The van der Waals surface area contributed by atoms with Crippen LogP contribution in [0.2, 0.25) is 0 Å². The van der Waals surface area contributed by atoms with Crippen molar-refractivity contribution in [2.24, 2.45) is 0 Å². The summed E-state index contributed by atoms with van der Waals surface area (Å²) in [5, 5.41) is 0.640. The van der Waals surface area contributed by atoms with Crippen LogP contribution in [0.3, 0.4) is 0 Å². The van der Waals surface area contributed by atoms with Crippen molar-refractivity contribution in [1.82, 2.24) is 14.2 Å². The van der Waals surface area contributed by atoms with Gasteiger partial charge in [0, 0.05) is 31.7 Å². The summed E-state index contributed by atoms with van der Waals surface area (Å²) in [4.78, 5) is 22.7. The topological polar surface area (TPSA) is 73.8 Å². The van der Waals surface area contributed by atoms with Gasteiger partial charge in [-0.1, -0.05) is 43.4 Å². The average molecular weight is 541 g/mol. The van der Waals surface area contributed by atoms with Crippen LogP contribution in [-0.4, -0.2) is 67.8 Å². The zero-order valence-corrected chi connectivity index (χ0v) is 23.7. The first-order valence-electron chi connectivity index (χ1n) is 12.4. The number of rotatable bonds is 13. The molecule has 9 heteroatoms. The van der Waals surface area contributed by atoms with Gasteiger partial charge in [0.1, 0.15) is 0 Å². The lowest BCUT2D eigenvalue weighted by Gasteiger charge is -2.25. The van der Waals surface area contributed by atoms with Gasteiger partial charge in [0.05, 0.1) is 15.1 Å². The number of likely N-dealkylation sites (N-methyl/N-ethyl adjacent to an activating group) is 1. The van der Waals surface area contributed by atoms with E-state index < -0.39 is 10.0 Å². The van der Waals surface area contributed by atoms with Gasteiger partial charge >= 0.3 is 0 Å². The molecule has 2 aromatic carbocycles. The fraction of sp³-hybridized carbons (Fsp3) is 0.357. The van der Waals surface area contributed by atoms with Gasteiger partial charge in [-0.05, 0) is 68.4 Å². The predicted molar refractivity (Wildman–Crippen MR) is 154 cm³/mol. The third-order valence-corrected chi connectivity index (χ3v) is 9.10. The molecule has 1 amide bonds. The lowest BCUT2D eigenvalue weighted by atomic mass is 10.1. The maximum Gasteiger partial charge on any atom is 0.260 e. The third kappa shape index (κ3) is 6.54. The summed E-state index contributed by atoms with van der Waals surface area (Å²) in [7, 11) is -3.75. The number of nitrogens with zero attached hydrogens (tertiary/aromatic N) is 4. The van der Waals surface area contributed by atoms with E-state index >= 15 is 0 Å². The number of benzene rings is 2. The lowest BCUT2D eigenvalue weighted by Crippen LogP contribution is -2.39. The van der Waals surface area contributed by atoms with E-state index in [9.17, 15) is 13.2 Å². The molecular formula is C28H36N4O3S2. The number of carbonyl (C=O) groups excluding carboxylic acids is 1. The molecule has 0 aliphatic carbocycles. The second kappa shape index (κ2) is 12.6. The summed E-state index contributed by atoms with van der Waals surface area (Å²) >= 11 is 1.50. The first-order chi connectivity index (χ1) is 17.7. The number of hydrogen-bond donors (Lipinski definition) is 0. The fourth-order valence-electron chi connectivity index (χ4n) is 4.17. The monoisotopic (exact) mass is 540 g/mol. The number of anilines is 1. The second-order valence-electron chi connectivity index (χ2n) is 8.83. The minimum Gasteiger partial charge on any atom is -0.302 e. The maximum atomic E-state index is 13.8. The van der Waals surface area contributed by atoms with Crippen LogP contribution in [-0.2, 0) is 10.0 Å². The Bertz CT molecular complexity index is 1350. The minimum atomic E-state index is -3.75. The highest BCUT2D eigenvalue weighted by Crippen LogP contribution is 2.32. The van der Waals surface area contributed by atoms with Gasteiger partial charge in [-0.2, -0.15) is 4.31 Å². The summed E-state index contributed by atoms with van der Waals surface area (Å²) in [5.41, 5.74) is 3.54. The Kier molecular flexibility index (Phi) is 9.78. The molecule has 0 atom stereocenters. The Morgan fingerprint density at radius 3 is 2.19 bits per heavy atom. The van der Waals surface area contributed by atoms with E-state index in [-0.39, 0.29) is 23.9 Å². The molecule has 0 saturated carbocycles. The molecule has 0 aliphatic heterocycles. The number of aryl methyl sites for hydroxylation is 2. The van der Waals surface area contributed by atoms with Crippen LogP contribution in [0.4, 0.5) is 5.13 Å². The molecule has 198 valence electrons. The number of hydrogen-bond acceptors (Lipinski definition) is 6. The van der Waals surface area contributed by atoms with Crippen LogP contribution in [0.15, 0.2) is 66.6 Å². The second-order valence-corrected chi connectivity index (χ2v) is 11.8. The molecule has 1 heterocycles. The van der Waals surface area contributed by atoms with E-state index in [0.717, 1.165) is 34.4 Å². The van der Waals surface area contributed by atoms with Gasteiger partial charge in [0.2, 0.25) is 10.0 Å². The molecule has 1 aromatic heterocycles. The largest absolute Gasteiger partial charge is 0.302 e. The van der Waals surface area contributed by atoms with E-state index in [1.54, 1.807) is 17.0 Å². The third-order valence-electron chi connectivity index (χ3n) is 6.23. The van der Waals surface area contributed by atoms with Crippen LogP contribution in [0.1, 0.15) is 35.3 Å². The first-order valence-corrected chi connectivity index (χ1v) is 14.7. The number of fused-ring (bicyclic) bond motifs is 1. The summed E-state index contributed by atoms with van der Waals surface area (Å²) in [5.74, 6) is -0.210. The fourth-order valence-corrected chi connectivity index (χ4v) is 6.72. The summed E-state index contributed by atoms with van der Waals surface area (Å²) in [6, 6.07) is 10.3. The standard InChI is InChI=1S/C28H36N4O3S2/c1-7-15-31(16-8-2)37(34,35)24-13-11-23(12-14-24)27(33)32(18-17-30(9-3)10-4)28-29-26-22(6)19-21(5)20-25(26)36-28/h7-8,11-14,19-20H,1-2,9-10,15-18H2,3-6H3. The number of carbonyl (C=O) groups is 1. The van der Waals surface area contributed by atoms with Gasteiger partial charge in [-0.15, -0.1) is 13.2 Å². The van der Waals surface area contributed by atoms with Crippen molar-refractivity contribution in [3.05, 3.63) is 78.4 Å². The lowest BCUT2D eigenvalue weighted by molar-refractivity contribution is 0.0983. The molecule has 7 nitrogen and oxygen atoms in total. The van der Waals surface area contributed by atoms with E-state index in [1.165, 1.54) is 39.9 Å². The molecule has 0 fully saturated rings. The van der Waals surface area contributed by atoms with Crippen molar-refractivity contribution >= 4 is 42.6 Å². The number of thiazole rings is 1. The van der Waals surface area contributed by atoms with Crippen LogP contribution < -0.4 is 4.90 Å². The smallest absolute Gasteiger partial charge is 0.260 e. The van der Waals surface area contributed by atoms with E-state index in [2.05, 4.69) is 51.0 Å². The molecule has 0 saturated heterocycles. The van der Waals surface area contributed by atoms with Crippen LogP contribution in [0.5, 0.6) is 0 Å². The summed E-state index contributed by atoms with van der Waals surface area (Å²) in [6.07, 6.45) is 3.07. The Morgan fingerprint density at radius 2 is 1.62 bits per heavy atom. The van der Waals surface area contributed by atoms with Crippen molar-refractivity contribution in [2.45, 2.75) is 32.6 Å². The maximum absolute atomic E-state index is 13.8. The quantitative estimate of drug-likeness (QED) is 0.276. The first kappa shape index (κ1) is 28.7.